The van der Waals surface area contributed by atoms with Crippen LogP contribution >= 0.6 is 12.4 Å². The standard InChI is InChI=1S/C17H23N5O2.ClH/c1-11-10-12(6-8-18-11)20-15(23)7-9-19-17(24)16-13-4-2-3-5-14(13)21-22-16;/h2-5,11-12,18H,6-10H2,1H3,(H,19,24)(H,20,23)(H,21,22);1H. The third kappa shape index (κ3) is 4.93. The number of aromatic nitrogens is 2. The van der Waals surface area contributed by atoms with Crippen molar-refractivity contribution in [2.75, 3.05) is 13.1 Å². The molecular formula is C17H24ClN5O2. The van der Waals surface area contributed by atoms with Gasteiger partial charge in [-0.1, -0.05) is 18.2 Å². The molecule has 0 bridgehead atoms. The Hall–Kier alpha value is -2.12. The van der Waals surface area contributed by atoms with E-state index in [0.29, 0.717) is 18.3 Å². The number of nitrogens with one attached hydrogen (secondary N) is 4. The summed E-state index contributed by atoms with van der Waals surface area (Å²) in [6, 6.07) is 8.11. The summed E-state index contributed by atoms with van der Waals surface area (Å²) in [6.45, 7) is 3.34. The average molecular weight is 366 g/mol. The number of halogens is 1. The van der Waals surface area contributed by atoms with Crippen molar-refractivity contribution in [1.82, 2.24) is 26.1 Å². The van der Waals surface area contributed by atoms with Gasteiger partial charge in [-0.25, -0.2) is 0 Å². The highest BCUT2D eigenvalue weighted by Gasteiger charge is 2.20. The Morgan fingerprint density at radius 3 is 2.92 bits per heavy atom. The number of hydrogen-bond acceptors (Lipinski definition) is 4. The van der Waals surface area contributed by atoms with Crippen molar-refractivity contribution in [3.8, 4) is 0 Å². The molecule has 1 aromatic heterocycles. The number of aromatic amines is 1. The largest absolute Gasteiger partial charge is 0.353 e. The lowest BCUT2D eigenvalue weighted by Gasteiger charge is -2.28. The second-order valence-electron chi connectivity index (χ2n) is 6.27. The van der Waals surface area contributed by atoms with Crippen LogP contribution < -0.4 is 16.0 Å². The maximum atomic E-state index is 12.2. The van der Waals surface area contributed by atoms with Gasteiger partial charge in [0.15, 0.2) is 5.69 Å². The van der Waals surface area contributed by atoms with Gasteiger partial charge in [-0.15, -0.1) is 12.4 Å². The number of hydrogen-bond donors (Lipinski definition) is 4. The van der Waals surface area contributed by atoms with Crippen molar-refractivity contribution in [1.29, 1.82) is 0 Å². The summed E-state index contributed by atoms with van der Waals surface area (Å²) >= 11 is 0. The summed E-state index contributed by atoms with van der Waals surface area (Å²) in [5, 5.41) is 16.8. The van der Waals surface area contributed by atoms with E-state index in [9.17, 15) is 9.59 Å². The van der Waals surface area contributed by atoms with Crippen LogP contribution in [0.2, 0.25) is 0 Å². The molecule has 1 aliphatic heterocycles. The van der Waals surface area contributed by atoms with Gasteiger partial charge >= 0.3 is 0 Å². The van der Waals surface area contributed by atoms with Crippen LogP contribution in [0.15, 0.2) is 24.3 Å². The molecule has 0 aliphatic carbocycles. The molecule has 1 aliphatic rings. The Balaban J connectivity index is 0.00000225. The molecule has 2 amide bonds. The molecule has 4 N–H and O–H groups in total. The van der Waals surface area contributed by atoms with E-state index in [1.807, 2.05) is 24.3 Å². The molecule has 2 heterocycles. The molecule has 2 unspecified atom stereocenters. The highest BCUT2D eigenvalue weighted by molar-refractivity contribution is 6.04. The van der Waals surface area contributed by atoms with Crippen LogP contribution in [0.5, 0.6) is 0 Å². The fourth-order valence-corrected chi connectivity index (χ4v) is 3.07. The molecule has 1 saturated heterocycles. The molecule has 1 fully saturated rings. The average Bonchev–Trinajstić information content (AvgIpc) is 2.99. The number of carbonyl (C=O) groups excluding carboxylic acids is 2. The van der Waals surface area contributed by atoms with Crippen LogP contribution in [-0.4, -0.2) is 47.2 Å². The summed E-state index contributed by atoms with van der Waals surface area (Å²) < 4.78 is 0. The van der Waals surface area contributed by atoms with Crippen molar-refractivity contribution >= 4 is 35.1 Å². The molecule has 3 rings (SSSR count). The first-order valence-electron chi connectivity index (χ1n) is 8.37. The molecule has 0 radical (unpaired) electrons. The van der Waals surface area contributed by atoms with Crippen LogP contribution in [0, 0.1) is 0 Å². The van der Waals surface area contributed by atoms with Gasteiger partial charge in [-0.05, 0) is 32.4 Å². The SMILES string of the molecule is CC1CC(NC(=O)CCNC(=O)c2n[nH]c3ccccc23)CCN1.Cl. The quantitative estimate of drug-likeness (QED) is 0.643. The van der Waals surface area contributed by atoms with Crippen LogP contribution in [0.25, 0.3) is 10.9 Å². The first-order valence-corrected chi connectivity index (χ1v) is 8.37. The number of benzene rings is 1. The van der Waals surface area contributed by atoms with Gasteiger partial charge in [-0.2, -0.15) is 5.10 Å². The Labute approximate surface area is 152 Å². The van der Waals surface area contributed by atoms with Crippen molar-refractivity contribution in [3.63, 3.8) is 0 Å². The number of nitrogens with zero attached hydrogens (tertiary/aromatic N) is 1. The number of carbonyl (C=O) groups is 2. The van der Waals surface area contributed by atoms with E-state index in [2.05, 4.69) is 33.1 Å². The maximum Gasteiger partial charge on any atom is 0.272 e. The van der Waals surface area contributed by atoms with Crippen molar-refractivity contribution in [2.45, 2.75) is 38.3 Å². The minimum atomic E-state index is -0.268. The van der Waals surface area contributed by atoms with E-state index in [1.54, 1.807) is 0 Å². The summed E-state index contributed by atoms with van der Waals surface area (Å²) in [5.41, 5.74) is 1.18. The van der Waals surface area contributed by atoms with Gasteiger partial charge in [0.2, 0.25) is 5.91 Å². The summed E-state index contributed by atoms with van der Waals surface area (Å²) in [7, 11) is 0. The van der Waals surface area contributed by atoms with Gasteiger partial charge in [-0.3, -0.25) is 14.7 Å². The van der Waals surface area contributed by atoms with Crippen LogP contribution in [0.4, 0.5) is 0 Å². The minimum absolute atomic E-state index is 0. The summed E-state index contributed by atoms with van der Waals surface area (Å²) in [4.78, 5) is 24.2. The van der Waals surface area contributed by atoms with E-state index in [-0.39, 0.29) is 36.7 Å². The number of fused-ring (bicyclic) bond motifs is 1. The van der Waals surface area contributed by atoms with Crippen molar-refractivity contribution in [2.24, 2.45) is 0 Å². The first kappa shape index (κ1) is 19.2. The predicted molar refractivity (Wildman–Crippen MR) is 98.9 cm³/mol. The summed E-state index contributed by atoms with van der Waals surface area (Å²) in [5.74, 6) is -0.294. The lowest BCUT2D eigenvalue weighted by molar-refractivity contribution is -0.121. The normalized spacial score (nSPS) is 19.9. The Morgan fingerprint density at radius 1 is 1.32 bits per heavy atom. The zero-order valence-electron chi connectivity index (χ0n) is 14.2. The molecule has 25 heavy (non-hydrogen) atoms. The van der Waals surface area contributed by atoms with Crippen molar-refractivity contribution < 1.29 is 9.59 Å². The molecular weight excluding hydrogens is 342 g/mol. The van der Waals surface area contributed by atoms with Crippen LogP contribution in [0.3, 0.4) is 0 Å². The third-order valence-corrected chi connectivity index (χ3v) is 4.31. The van der Waals surface area contributed by atoms with Crippen LogP contribution in [0.1, 0.15) is 36.7 Å². The van der Waals surface area contributed by atoms with Crippen LogP contribution in [-0.2, 0) is 4.79 Å². The highest BCUT2D eigenvalue weighted by atomic mass is 35.5. The number of amides is 2. The zero-order chi connectivity index (χ0) is 16.9. The van der Waals surface area contributed by atoms with Gasteiger partial charge < -0.3 is 16.0 Å². The molecule has 0 spiro atoms. The van der Waals surface area contributed by atoms with E-state index >= 15 is 0 Å². The fourth-order valence-electron chi connectivity index (χ4n) is 3.07. The van der Waals surface area contributed by atoms with E-state index < -0.39 is 0 Å². The van der Waals surface area contributed by atoms with Crippen molar-refractivity contribution in [3.05, 3.63) is 30.0 Å². The van der Waals surface area contributed by atoms with Gasteiger partial charge in [0.1, 0.15) is 0 Å². The highest BCUT2D eigenvalue weighted by Crippen LogP contribution is 2.14. The van der Waals surface area contributed by atoms with E-state index in [1.165, 1.54) is 0 Å². The lowest BCUT2D eigenvalue weighted by Crippen LogP contribution is -2.47. The molecule has 0 saturated carbocycles. The second kappa shape index (κ2) is 8.82. The lowest BCUT2D eigenvalue weighted by atomic mass is 10.0. The topological polar surface area (TPSA) is 98.9 Å². The first-order chi connectivity index (χ1) is 11.6. The molecule has 2 atom stereocenters. The minimum Gasteiger partial charge on any atom is -0.353 e. The zero-order valence-corrected chi connectivity index (χ0v) is 15.0. The molecule has 136 valence electrons. The third-order valence-electron chi connectivity index (χ3n) is 4.31. The number of piperidine rings is 1. The smallest absolute Gasteiger partial charge is 0.272 e. The summed E-state index contributed by atoms with van der Waals surface area (Å²) in [6.07, 6.45) is 2.16. The van der Waals surface area contributed by atoms with E-state index in [0.717, 1.165) is 30.3 Å². The molecule has 2 aromatic rings. The Bertz CT molecular complexity index is 733. The number of H-pyrrole nitrogens is 1. The monoisotopic (exact) mass is 365 g/mol. The number of para-hydroxylation sites is 1. The number of rotatable bonds is 5. The van der Waals surface area contributed by atoms with Gasteiger partial charge in [0, 0.05) is 30.4 Å². The van der Waals surface area contributed by atoms with E-state index in [4.69, 9.17) is 0 Å². The van der Waals surface area contributed by atoms with Gasteiger partial charge in [0.05, 0.1) is 5.52 Å². The molecule has 7 nitrogen and oxygen atoms in total. The second-order valence-corrected chi connectivity index (χ2v) is 6.27. The maximum absolute atomic E-state index is 12.2. The fraction of sp³-hybridized carbons (Fsp3) is 0.471. The molecule has 8 heteroatoms. The Morgan fingerprint density at radius 2 is 2.12 bits per heavy atom. The van der Waals surface area contributed by atoms with Gasteiger partial charge in [0.25, 0.3) is 5.91 Å². The molecule has 1 aromatic carbocycles. The Kier molecular flexibility index (Phi) is 6.78. The predicted octanol–water partition coefficient (Wildman–Crippen LogP) is 1.36.